The van der Waals surface area contributed by atoms with Crippen LogP contribution in [0.15, 0.2) is 54.9 Å². The number of nitrogens with one attached hydrogen (secondary N) is 3. The van der Waals surface area contributed by atoms with Crippen LogP contribution in [0, 0.1) is 11.6 Å². The highest BCUT2D eigenvalue weighted by atomic mass is 32.2. The van der Waals surface area contributed by atoms with E-state index in [1.54, 1.807) is 35.2 Å². The fourth-order valence-electron chi connectivity index (χ4n) is 4.73. The lowest BCUT2D eigenvalue weighted by molar-refractivity contribution is 0.192. The van der Waals surface area contributed by atoms with Gasteiger partial charge in [-0.2, -0.15) is 4.98 Å². The molecule has 41 heavy (non-hydrogen) atoms. The van der Waals surface area contributed by atoms with Gasteiger partial charge in [0.05, 0.1) is 10.4 Å². The maximum atomic E-state index is 15.0. The molecule has 12 heteroatoms. The largest absolute Gasteiger partial charge is 0.324 e. The Hall–Kier alpha value is -3.61. The zero-order chi connectivity index (χ0) is 29.4. The van der Waals surface area contributed by atoms with Crippen LogP contribution >= 0.6 is 0 Å². The van der Waals surface area contributed by atoms with Crippen molar-refractivity contribution in [3.63, 3.8) is 0 Å². The third-order valence-electron chi connectivity index (χ3n) is 7.40. The van der Waals surface area contributed by atoms with Gasteiger partial charge in [-0.1, -0.05) is 6.07 Å². The molecule has 0 spiro atoms. The van der Waals surface area contributed by atoms with Crippen LogP contribution in [0.2, 0.25) is 0 Å². The molecule has 0 bridgehead atoms. The van der Waals surface area contributed by atoms with Crippen LogP contribution in [-0.2, 0) is 16.6 Å². The van der Waals surface area contributed by atoms with Crippen molar-refractivity contribution in [2.45, 2.75) is 50.9 Å². The first kappa shape index (κ1) is 28.9. The van der Waals surface area contributed by atoms with Crippen molar-refractivity contribution in [2.24, 2.45) is 0 Å². The Bertz CT molecular complexity index is 1660. The predicted octanol–water partition coefficient (Wildman–Crippen LogP) is 5.17. The van der Waals surface area contributed by atoms with E-state index < -0.39 is 20.6 Å². The Balaban J connectivity index is 1.35. The highest BCUT2D eigenvalue weighted by Crippen LogP contribution is 2.27. The molecule has 218 valence electrons. The van der Waals surface area contributed by atoms with Gasteiger partial charge in [0.1, 0.15) is 17.3 Å². The molecule has 4 aromatic rings. The van der Waals surface area contributed by atoms with E-state index in [2.05, 4.69) is 30.2 Å². The standard InChI is InChI=1S/C29H35F2N7O2S/c1-29(2,3)41(39,40)36-26-16-23(7-8-24(26)30)38-14-9-19-17-33-28(35-27(19)38)34-22-6-5-20(25(31)15-22)18-37-12-10-21(32-4)11-13-37/h5-9,14-17,21,32,36H,10-13,18H2,1-4H3,(H,33,34,35). The lowest BCUT2D eigenvalue weighted by Crippen LogP contribution is -2.40. The molecular weight excluding hydrogens is 548 g/mol. The quantitative estimate of drug-likeness (QED) is 0.263. The molecule has 5 rings (SSSR count). The Morgan fingerprint density at radius 2 is 1.78 bits per heavy atom. The zero-order valence-electron chi connectivity index (χ0n) is 23.6. The number of aromatic nitrogens is 3. The van der Waals surface area contributed by atoms with Crippen molar-refractivity contribution in [2.75, 3.05) is 30.2 Å². The molecule has 9 nitrogen and oxygen atoms in total. The number of anilines is 3. The SMILES string of the molecule is CNC1CCN(Cc2ccc(Nc3ncc4ccn(-c5ccc(F)c(NS(=O)(=O)C(C)(C)C)c5)c4n3)cc2F)CC1. The number of hydrogen-bond acceptors (Lipinski definition) is 7. The predicted molar refractivity (Wildman–Crippen MR) is 158 cm³/mol. The zero-order valence-corrected chi connectivity index (χ0v) is 24.4. The molecular formula is C29H35F2N7O2S. The summed E-state index contributed by atoms with van der Waals surface area (Å²) in [7, 11) is -1.86. The molecule has 1 aliphatic rings. The minimum atomic E-state index is -3.83. The van der Waals surface area contributed by atoms with Crippen LogP contribution < -0.4 is 15.4 Å². The summed E-state index contributed by atoms with van der Waals surface area (Å²) < 4.78 is 57.8. The molecule has 0 amide bonds. The van der Waals surface area contributed by atoms with Crippen molar-refractivity contribution < 1.29 is 17.2 Å². The molecule has 1 fully saturated rings. The van der Waals surface area contributed by atoms with Crippen molar-refractivity contribution >= 4 is 38.4 Å². The van der Waals surface area contributed by atoms with E-state index >= 15 is 0 Å². The second-order valence-electron chi connectivity index (χ2n) is 11.3. The summed E-state index contributed by atoms with van der Waals surface area (Å²) in [4.78, 5) is 11.2. The molecule has 3 heterocycles. The smallest absolute Gasteiger partial charge is 0.237 e. The van der Waals surface area contributed by atoms with Gasteiger partial charge in [0.25, 0.3) is 0 Å². The fraction of sp³-hybridized carbons (Fsp3) is 0.379. The Morgan fingerprint density at radius 1 is 1.02 bits per heavy atom. The van der Waals surface area contributed by atoms with Crippen molar-refractivity contribution in [3.8, 4) is 5.69 Å². The van der Waals surface area contributed by atoms with E-state index in [0.717, 1.165) is 31.3 Å². The Morgan fingerprint density at radius 3 is 2.46 bits per heavy atom. The van der Waals surface area contributed by atoms with Crippen molar-refractivity contribution in [1.82, 2.24) is 24.8 Å². The summed E-state index contributed by atoms with van der Waals surface area (Å²) in [5, 5.41) is 7.10. The van der Waals surface area contributed by atoms with Gasteiger partial charge in [-0.25, -0.2) is 22.2 Å². The van der Waals surface area contributed by atoms with Gasteiger partial charge in [0, 0.05) is 47.3 Å². The summed E-state index contributed by atoms with van der Waals surface area (Å²) in [6, 6.07) is 11.5. The number of fused-ring (bicyclic) bond motifs is 1. The summed E-state index contributed by atoms with van der Waals surface area (Å²) >= 11 is 0. The Labute approximate surface area is 239 Å². The molecule has 0 aliphatic carbocycles. The van der Waals surface area contributed by atoms with E-state index in [1.165, 1.54) is 45.0 Å². The number of sulfonamides is 1. The summed E-state index contributed by atoms with van der Waals surface area (Å²) in [5.41, 5.74) is 2.01. The summed E-state index contributed by atoms with van der Waals surface area (Å²) in [6.45, 7) is 7.03. The first-order valence-corrected chi connectivity index (χ1v) is 15.0. The van der Waals surface area contributed by atoms with Gasteiger partial charge in [0.2, 0.25) is 16.0 Å². The maximum Gasteiger partial charge on any atom is 0.237 e. The second-order valence-corrected chi connectivity index (χ2v) is 13.7. The highest BCUT2D eigenvalue weighted by Gasteiger charge is 2.30. The number of hydrogen-bond donors (Lipinski definition) is 3. The molecule has 1 aliphatic heterocycles. The number of piperidine rings is 1. The first-order valence-electron chi connectivity index (χ1n) is 13.5. The number of rotatable bonds is 8. The van der Waals surface area contributed by atoms with Crippen molar-refractivity contribution in [1.29, 1.82) is 0 Å². The molecule has 0 unspecified atom stereocenters. The molecule has 2 aromatic carbocycles. The van der Waals surface area contributed by atoms with E-state index in [4.69, 9.17) is 0 Å². The monoisotopic (exact) mass is 583 g/mol. The maximum absolute atomic E-state index is 15.0. The highest BCUT2D eigenvalue weighted by molar-refractivity contribution is 7.94. The summed E-state index contributed by atoms with van der Waals surface area (Å²) in [6.07, 6.45) is 5.47. The lowest BCUT2D eigenvalue weighted by atomic mass is 10.0. The van der Waals surface area contributed by atoms with Crippen LogP contribution in [0.5, 0.6) is 0 Å². The third-order valence-corrected chi connectivity index (χ3v) is 9.51. The minimum absolute atomic E-state index is 0.159. The minimum Gasteiger partial charge on any atom is -0.324 e. The first-order chi connectivity index (χ1) is 19.4. The molecule has 2 aromatic heterocycles. The van der Waals surface area contributed by atoms with Crippen LogP contribution in [0.3, 0.4) is 0 Å². The normalized spacial score (nSPS) is 15.4. The molecule has 0 radical (unpaired) electrons. The van der Waals surface area contributed by atoms with Crippen LogP contribution in [-0.4, -0.2) is 58.8 Å². The van der Waals surface area contributed by atoms with E-state index in [0.29, 0.717) is 35.2 Å². The number of nitrogens with zero attached hydrogens (tertiary/aromatic N) is 4. The number of benzene rings is 2. The van der Waals surface area contributed by atoms with Crippen LogP contribution in [0.1, 0.15) is 39.2 Å². The van der Waals surface area contributed by atoms with E-state index in [-0.39, 0.29) is 17.5 Å². The van der Waals surface area contributed by atoms with Gasteiger partial charge in [-0.3, -0.25) is 9.62 Å². The van der Waals surface area contributed by atoms with Gasteiger partial charge in [-0.05, 0) is 90.1 Å². The van der Waals surface area contributed by atoms with Gasteiger partial charge >= 0.3 is 0 Å². The van der Waals surface area contributed by atoms with Gasteiger partial charge in [0.15, 0.2) is 0 Å². The van der Waals surface area contributed by atoms with Gasteiger partial charge < -0.3 is 15.2 Å². The third kappa shape index (κ3) is 6.34. The van der Waals surface area contributed by atoms with Crippen LogP contribution in [0.4, 0.5) is 26.1 Å². The topological polar surface area (TPSA) is 104 Å². The number of likely N-dealkylation sites (tertiary alicyclic amines) is 1. The molecule has 1 saturated heterocycles. The van der Waals surface area contributed by atoms with Crippen molar-refractivity contribution in [3.05, 3.63) is 72.1 Å². The average Bonchev–Trinajstić information content (AvgIpc) is 3.34. The van der Waals surface area contributed by atoms with Crippen LogP contribution in [0.25, 0.3) is 16.7 Å². The second kappa shape index (κ2) is 11.3. The number of halogens is 2. The average molecular weight is 584 g/mol. The lowest BCUT2D eigenvalue weighted by Gasteiger charge is -2.31. The molecule has 0 saturated carbocycles. The summed E-state index contributed by atoms with van der Waals surface area (Å²) in [5.74, 6) is -0.732. The molecule has 3 N–H and O–H groups in total. The fourth-order valence-corrected chi connectivity index (χ4v) is 5.48. The van der Waals surface area contributed by atoms with E-state index in [1.807, 2.05) is 7.05 Å². The molecule has 0 atom stereocenters. The Kier molecular flexibility index (Phi) is 8.00. The van der Waals surface area contributed by atoms with E-state index in [9.17, 15) is 17.2 Å². The van der Waals surface area contributed by atoms with Gasteiger partial charge in [-0.15, -0.1) is 0 Å².